The maximum Gasteiger partial charge on any atom is 0.389 e. The normalized spacial score (nSPS) is 13.6. The summed E-state index contributed by atoms with van der Waals surface area (Å²) in [7, 11) is 0. The van der Waals surface area contributed by atoms with Gasteiger partial charge >= 0.3 is 6.18 Å². The molecule has 0 amide bonds. The lowest BCUT2D eigenvalue weighted by molar-refractivity contribution is -0.136. The van der Waals surface area contributed by atoms with Gasteiger partial charge in [0.1, 0.15) is 0 Å². The first kappa shape index (κ1) is 14.9. The molecule has 0 fully saturated rings. The van der Waals surface area contributed by atoms with Crippen LogP contribution in [-0.4, -0.2) is 6.18 Å². The number of alkyl halides is 3. The molecule has 1 atom stereocenters. The summed E-state index contributed by atoms with van der Waals surface area (Å²) in [5.74, 6) is 0. The van der Waals surface area contributed by atoms with Gasteiger partial charge < -0.3 is 5.73 Å². The van der Waals surface area contributed by atoms with E-state index in [2.05, 4.69) is 0 Å². The predicted molar refractivity (Wildman–Crippen MR) is 83.7 cm³/mol. The number of hydrogen-bond donors (Lipinski definition) is 1. The maximum atomic E-state index is 12.4. The Hall–Kier alpha value is -2.07. The van der Waals surface area contributed by atoms with Crippen molar-refractivity contribution in [3.05, 3.63) is 60.2 Å². The van der Waals surface area contributed by atoms with E-state index in [4.69, 9.17) is 5.73 Å². The van der Waals surface area contributed by atoms with Gasteiger partial charge in [-0.3, -0.25) is 0 Å². The molecule has 0 aromatic heterocycles. The molecular formula is C18H16F3N. The molecule has 0 saturated carbocycles. The Morgan fingerprint density at radius 2 is 1.45 bits per heavy atom. The van der Waals surface area contributed by atoms with Gasteiger partial charge in [-0.1, -0.05) is 48.5 Å². The third-order valence-corrected chi connectivity index (χ3v) is 3.94. The van der Waals surface area contributed by atoms with Crippen LogP contribution in [-0.2, 0) is 0 Å². The Bertz CT molecular complexity index is 808. The zero-order chi connectivity index (χ0) is 15.7. The minimum atomic E-state index is -4.18. The van der Waals surface area contributed by atoms with Gasteiger partial charge in [0.15, 0.2) is 0 Å². The summed E-state index contributed by atoms with van der Waals surface area (Å²) in [6, 6.07) is 16.9. The van der Waals surface area contributed by atoms with Crippen LogP contribution in [0.25, 0.3) is 21.5 Å². The summed E-state index contributed by atoms with van der Waals surface area (Å²) in [4.78, 5) is 0. The first-order chi connectivity index (χ1) is 10.5. The molecule has 0 aliphatic carbocycles. The molecule has 4 heteroatoms. The number of fused-ring (bicyclic) bond motifs is 3. The second kappa shape index (κ2) is 5.61. The average Bonchev–Trinajstić information content (AvgIpc) is 2.51. The molecule has 0 aliphatic rings. The van der Waals surface area contributed by atoms with E-state index in [0.29, 0.717) is 0 Å². The topological polar surface area (TPSA) is 26.0 Å². The molecule has 1 nitrogen and oxygen atoms in total. The standard InChI is InChI=1S/C18H16F3N/c19-18(20,21)10-9-17(22)16-11-12-5-1-2-6-13(12)14-7-3-4-8-15(14)16/h1-8,11,17H,9-10,22H2/t17-/m0/s1. The minimum absolute atomic E-state index is 0.105. The molecule has 0 heterocycles. The van der Waals surface area contributed by atoms with E-state index in [1.54, 1.807) is 0 Å². The molecule has 0 bridgehead atoms. The zero-order valence-corrected chi connectivity index (χ0v) is 11.9. The summed E-state index contributed by atoms with van der Waals surface area (Å²) >= 11 is 0. The van der Waals surface area contributed by atoms with Crippen LogP contribution in [0.2, 0.25) is 0 Å². The van der Waals surface area contributed by atoms with Crippen LogP contribution in [0.15, 0.2) is 54.6 Å². The highest BCUT2D eigenvalue weighted by Gasteiger charge is 2.28. The summed E-state index contributed by atoms with van der Waals surface area (Å²) < 4.78 is 37.3. The highest BCUT2D eigenvalue weighted by atomic mass is 19.4. The van der Waals surface area contributed by atoms with Crippen LogP contribution in [0.4, 0.5) is 13.2 Å². The molecule has 22 heavy (non-hydrogen) atoms. The number of rotatable bonds is 3. The quantitative estimate of drug-likeness (QED) is 0.650. The number of halogens is 3. The maximum absolute atomic E-state index is 12.4. The highest BCUT2D eigenvalue weighted by molar-refractivity contribution is 6.09. The summed E-state index contributed by atoms with van der Waals surface area (Å²) in [5, 5.41) is 4.04. The number of benzene rings is 3. The Labute approximate surface area is 126 Å². The van der Waals surface area contributed by atoms with Crippen LogP contribution in [0, 0.1) is 0 Å². The Kier molecular flexibility index (Phi) is 3.79. The number of nitrogens with two attached hydrogens (primary N) is 1. The van der Waals surface area contributed by atoms with Crippen molar-refractivity contribution in [1.82, 2.24) is 0 Å². The predicted octanol–water partition coefficient (Wildman–Crippen LogP) is 5.34. The van der Waals surface area contributed by atoms with Gasteiger partial charge in [0.2, 0.25) is 0 Å². The van der Waals surface area contributed by atoms with E-state index < -0.39 is 18.6 Å². The van der Waals surface area contributed by atoms with Gasteiger partial charge in [-0.15, -0.1) is 0 Å². The molecule has 0 spiro atoms. The van der Waals surface area contributed by atoms with Gasteiger partial charge in [-0.2, -0.15) is 13.2 Å². The van der Waals surface area contributed by atoms with Crippen molar-refractivity contribution in [2.45, 2.75) is 25.1 Å². The Balaban J connectivity index is 2.11. The van der Waals surface area contributed by atoms with E-state index >= 15 is 0 Å². The largest absolute Gasteiger partial charge is 0.389 e. The summed E-state index contributed by atoms with van der Waals surface area (Å²) in [6.45, 7) is 0. The lowest BCUT2D eigenvalue weighted by Gasteiger charge is -2.17. The van der Waals surface area contributed by atoms with Gasteiger partial charge in [0, 0.05) is 12.5 Å². The van der Waals surface area contributed by atoms with Gasteiger partial charge in [-0.25, -0.2) is 0 Å². The molecule has 0 unspecified atom stereocenters. The summed E-state index contributed by atoms with van der Waals surface area (Å²) in [5.41, 5.74) is 6.84. The zero-order valence-electron chi connectivity index (χ0n) is 11.9. The van der Waals surface area contributed by atoms with Crippen molar-refractivity contribution in [3.8, 4) is 0 Å². The van der Waals surface area contributed by atoms with Crippen molar-refractivity contribution in [2.75, 3.05) is 0 Å². The van der Waals surface area contributed by atoms with Crippen molar-refractivity contribution < 1.29 is 13.2 Å². The van der Waals surface area contributed by atoms with Crippen molar-refractivity contribution in [1.29, 1.82) is 0 Å². The van der Waals surface area contributed by atoms with Crippen LogP contribution >= 0.6 is 0 Å². The fourth-order valence-corrected chi connectivity index (χ4v) is 2.86. The van der Waals surface area contributed by atoms with E-state index in [1.807, 2.05) is 54.6 Å². The molecule has 114 valence electrons. The van der Waals surface area contributed by atoms with E-state index in [9.17, 15) is 13.2 Å². The molecule has 3 aromatic rings. The molecule has 0 aliphatic heterocycles. The highest BCUT2D eigenvalue weighted by Crippen LogP contribution is 2.34. The van der Waals surface area contributed by atoms with Gasteiger partial charge in [-0.05, 0) is 39.6 Å². The molecule has 0 radical (unpaired) electrons. The molecule has 3 aromatic carbocycles. The fourth-order valence-electron chi connectivity index (χ4n) is 2.86. The van der Waals surface area contributed by atoms with Crippen LogP contribution in [0.3, 0.4) is 0 Å². The van der Waals surface area contributed by atoms with Crippen molar-refractivity contribution in [2.24, 2.45) is 5.73 Å². The first-order valence-electron chi connectivity index (χ1n) is 7.18. The number of hydrogen-bond acceptors (Lipinski definition) is 1. The lowest BCUT2D eigenvalue weighted by Crippen LogP contribution is -2.16. The Morgan fingerprint density at radius 3 is 2.14 bits per heavy atom. The fraction of sp³-hybridized carbons (Fsp3) is 0.222. The second-order valence-corrected chi connectivity index (χ2v) is 5.49. The molecule has 0 saturated heterocycles. The Morgan fingerprint density at radius 1 is 0.864 bits per heavy atom. The van der Waals surface area contributed by atoms with E-state index in [0.717, 1.165) is 27.1 Å². The van der Waals surface area contributed by atoms with Crippen molar-refractivity contribution >= 4 is 21.5 Å². The third kappa shape index (κ3) is 2.92. The SMILES string of the molecule is N[C@@H](CCC(F)(F)F)c1cc2ccccc2c2ccccc12. The second-order valence-electron chi connectivity index (χ2n) is 5.49. The monoisotopic (exact) mass is 303 g/mol. The summed E-state index contributed by atoms with van der Waals surface area (Å²) in [6.07, 6.45) is -5.15. The van der Waals surface area contributed by atoms with E-state index in [1.165, 1.54) is 0 Å². The molecule has 2 N–H and O–H groups in total. The lowest BCUT2D eigenvalue weighted by atomic mass is 9.92. The van der Waals surface area contributed by atoms with Gasteiger partial charge in [0.05, 0.1) is 0 Å². The molecule has 3 rings (SSSR count). The minimum Gasteiger partial charge on any atom is -0.324 e. The van der Waals surface area contributed by atoms with Crippen molar-refractivity contribution in [3.63, 3.8) is 0 Å². The van der Waals surface area contributed by atoms with E-state index in [-0.39, 0.29) is 6.42 Å². The van der Waals surface area contributed by atoms with Gasteiger partial charge in [0.25, 0.3) is 0 Å². The van der Waals surface area contributed by atoms with Crippen LogP contribution in [0.1, 0.15) is 24.4 Å². The van der Waals surface area contributed by atoms with Crippen LogP contribution < -0.4 is 5.73 Å². The molecular weight excluding hydrogens is 287 g/mol. The first-order valence-corrected chi connectivity index (χ1v) is 7.18. The average molecular weight is 303 g/mol. The van der Waals surface area contributed by atoms with Crippen LogP contribution in [0.5, 0.6) is 0 Å². The third-order valence-electron chi connectivity index (χ3n) is 3.94. The smallest absolute Gasteiger partial charge is 0.324 e.